The molecule has 2 fully saturated rings. The first-order valence-corrected chi connectivity index (χ1v) is 23.0. The monoisotopic (exact) mass is 955 g/mol. The quantitative estimate of drug-likeness (QED) is 0.0236. The Bertz CT molecular complexity index is 1720. The van der Waals surface area contributed by atoms with Crippen molar-refractivity contribution in [3.8, 4) is 0 Å². The van der Waals surface area contributed by atoms with Crippen LogP contribution in [0.4, 0.5) is 0 Å². The van der Waals surface area contributed by atoms with Crippen LogP contribution in [0.15, 0.2) is 0 Å². The van der Waals surface area contributed by atoms with Gasteiger partial charge in [0.15, 0.2) is 0 Å². The van der Waals surface area contributed by atoms with Crippen molar-refractivity contribution < 1.29 is 63.3 Å². The van der Waals surface area contributed by atoms with Crippen molar-refractivity contribution in [3.63, 3.8) is 0 Å². The number of carbonyl (C=O) groups is 10. The van der Waals surface area contributed by atoms with E-state index in [4.69, 9.17) is 11.5 Å². The molecule has 2 heterocycles. The van der Waals surface area contributed by atoms with Crippen molar-refractivity contribution in [1.82, 2.24) is 52.8 Å². The molecular formula is C42H74N12O13. The van der Waals surface area contributed by atoms with Crippen molar-refractivity contribution in [2.75, 3.05) is 39.3 Å². The van der Waals surface area contributed by atoms with Crippen LogP contribution < -0.4 is 59.3 Å². The summed E-state index contributed by atoms with van der Waals surface area (Å²) in [4.78, 5) is 129. The molecule has 380 valence electrons. The number of rotatable bonds is 30. The molecule has 0 aliphatic carbocycles. The number of aliphatic hydroxyl groups excluding tert-OH is 2. The normalized spacial score (nSPS) is 20.0. The zero-order chi connectivity index (χ0) is 50.4. The largest absolute Gasteiger partial charge is 0.480 e. The maximum absolute atomic E-state index is 13.5. The minimum Gasteiger partial charge on any atom is -0.480 e. The highest BCUT2D eigenvalue weighted by molar-refractivity contribution is 5.95. The van der Waals surface area contributed by atoms with E-state index in [9.17, 15) is 63.3 Å². The molecule has 2 rings (SSSR count). The minimum atomic E-state index is -1.53. The summed E-state index contributed by atoms with van der Waals surface area (Å²) in [6.45, 7) is 7.77. The fraction of sp³-hybridized carbons (Fsp3) is 0.762. The predicted octanol–water partition coefficient (Wildman–Crippen LogP) is -5.14. The molecule has 2 aliphatic rings. The van der Waals surface area contributed by atoms with E-state index in [0.29, 0.717) is 38.6 Å². The van der Waals surface area contributed by atoms with Crippen LogP contribution in [0.25, 0.3) is 0 Å². The van der Waals surface area contributed by atoms with E-state index in [0.717, 1.165) is 0 Å². The molecule has 0 aromatic carbocycles. The molecule has 2 unspecified atom stereocenters. The lowest BCUT2D eigenvalue weighted by atomic mass is 9.96. The molecule has 67 heavy (non-hydrogen) atoms. The van der Waals surface area contributed by atoms with Crippen molar-refractivity contribution in [1.29, 1.82) is 0 Å². The first-order chi connectivity index (χ1) is 31.6. The maximum Gasteiger partial charge on any atom is 0.326 e. The van der Waals surface area contributed by atoms with Crippen LogP contribution in [0.3, 0.4) is 0 Å². The molecule has 0 radical (unpaired) electrons. The molecule has 2 saturated heterocycles. The molecule has 25 nitrogen and oxygen atoms in total. The minimum absolute atomic E-state index is 0.110. The molecule has 0 aromatic heterocycles. The van der Waals surface area contributed by atoms with Gasteiger partial charge in [0.05, 0.1) is 37.8 Å². The molecule has 0 aromatic rings. The van der Waals surface area contributed by atoms with E-state index >= 15 is 0 Å². The summed E-state index contributed by atoms with van der Waals surface area (Å²) in [5.74, 6) is -7.88. The SMILES string of the molecule is CCC(C)[C@H](NC(=O)[C@H](CCC(N)=O)NC(=O)CNC(=O)[C@@H]1C[C@@H](O)CN1)C(O)NCC(=O)N[C@@H](CC(C)C)C(=O)N[C@@H](C)C(=O)NCC(=O)N1CCC[C@H]1C(=O)N[C@@H](CCCCN)C(=O)O. The Labute approximate surface area is 390 Å². The van der Waals surface area contributed by atoms with E-state index in [2.05, 4.69) is 47.9 Å². The van der Waals surface area contributed by atoms with E-state index in [1.807, 2.05) is 0 Å². The fourth-order valence-corrected chi connectivity index (χ4v) is 7.48. The number of hydrogen-bond acceptors (Lipinski definition) is 15. The summed E-state index contributed by atoms with van der Waals surface area (Å²) in [7, 11) is 0. The molecular weight excluding hydrogens is 881 g/mol. The molecule has 0 spiro atoms. The Morgan fingerprint density at radius 2 is 1.43 bits per heavy atom. The Morgan fingerprint density at radius 1 is 0.776 bits per heavy atom. The first-order valence-electron chi connectivity index (χ1n) is 23.0. The van der Waals surface area contributed by atoms with E-state index in [1.165, 1.54) is 11.8 Å². The molecule has 25 heteroatoms. The highest BCUT2D eigenvalue weighted by Crippen LogP contribution is 2.18. The van der Waals surface area contributed by atoms with Crippen LogP contribution in [-0.2, 0) is 47.9 Å². The van der Waals surface area contributed by atoms with Gasteiger partial charge in [-0.05, 0) is 76.7 Å². The van der Waals surface area contributed by atoms with Gasteiger partial charge in [-0.1, -0.05) is 34.1 Å². The maximum atomic E-state index is 13.5. The number of primary amides is 1. The molecule has 10 atom stereocenters. The second-order valence-electron chi connectivity index (χ2n) is 17.6. The predicted molar refractivity (Wildman–Crippen MR) is 240 cm³/mol. The molecule has 0 saturated carbocycles. The highest BCUT2D eigenvalue weighted by Gasteiger charge is 2.37. The first kappa shape index (κ1) is 57.6. The number of nitrogens with zero attached hydrogens (tertiary/aromatic N) is 1. The smallest absolute Gasteiger partial charge is 0.326 e. The Kier molecular flexibility index (Phi) is 25.2. The van der Waals surface area contributed by atoms with E-state index in [1.54, 1.807) is 27.7 Å². The van der Waals surface area contributed by atoms with Crippen molar-refractivity contribution in [3.05, 3.63) is 0 Å². The summed E-state index contributed by atoms with van der Waals surface area (Å²) in [5.41, 5.74) is 10.8. The second kappa shape index (κ2) is 29.3. The lowest BCUT2D eigenvalue weighted by Crippen LogP contribution is -2.59. The second-order valence-corrected chi connectivity index (χ2v) is 17.6. The van der Waals surface area contributed by atoms with Gasteiger partial charge >= 0.3 is 5.97 Å². The number of nitrogens with one attached hydrogen (secondary N) is 9. The van der Waals surface area contributed by atoms with Gasteiger partial charge in [-0.15, -0.1) is 0 Å². The number of carboxylic acids is 1. The number of β-amino-alcohol motifs (C(OH)–C–C–N with tert-alkyl or cyclic N) is 1. The Morgan fingerprint density at radius 3 is 2.03 bits per heavy atom. The fourth-order valence-electron chi connectivity index (χ4n) is 7.48. The van der Waals surface area contributed by atoms with Crippen molar-refractivity contribution >= 4 is 59.1 Å². The number of amides is 9. The number of aliphatic carboxylic acids is 1. The van der Waals surface area contributed by atoms with Gasteiger partial charge in [0.1, 0.15) is 36.4 Å². The number of nitrogens with two attached hydrogens (primary N) is 2. The van der Waals surface area contributed by atoms with Crippen LogP contribution >= 0.6 is 0 Å². The van der Waals surface area contributed by atoms with Gasteiger partial charge in [0.2, 0.25) is 53.2 Å². The summed E-state index contributed by atoms with van der Waals surface area (Å²) in [6, 6.07) is -7.42. The Hall–Kier alpha value is -5.50. The number of likely N-dealkylation sites (tertiary alicyclic amines) is 1. The number of unbranched alkanes of at least 4 members (excludes halogenated alkanes) is 1. The topological polar surface area (TPSA) is 395 Å². The lowest BCUT2D eigenvalue weighted by molar-refractivity contribution is -0.144. The molecule has 2 aliphatic heterocycles. The van der Waals surface area contributed by atoms with Crippen molar-refractivity contribution in [2.24, 2.45) is 23.3 Å². The molecule has 9 amide bonds. The van der Waals surface area contributed by atoms with E-state index < -0.39 is 139 Å². The molecule has 16 N–H and O–H groups in total. The number of aliphatic hydroxyl groups is 2. The van der Waals surface area contributed by atoms with Gasteiger partial charge in [-0.3, -0.25) is 48.5 Å². The van der Waals surface area contributed by atoms with Crippen LogP contribution in [0.2, 0.25) is 0 Å². The van der Waals surface area contributed by atoms with Gasteiger partial charge < -0.3 is 74.2 Å². The summed E-state index contributed by atoms with van der Waals surface area (Å²) < 4.78 is 0. The van der Waals surface area contributed by atoms with Gasteiger partial charge in [0, 0.05) is 19.5 Å². The van der Waals surface area contributed by atoms with Crippen LogP contribution in [-0.4, -0.2) is 173 Å². The van der Waals surface area contributed by atoms with Crippen LogP contribution in [0.1, 0.15) is 98.8 Å². The van der Waals surface area contributed by atoms with Gasteiger partial charge in [0.25, 0.3) is 0 Å². The molecule has 0 bridgehead atoms. The number of carboxylic acid groups (broad SMARTS) is 1. The van der Waals surface area contributed by atoms with Crippen molar-refractivity contribution in [2.45, 2.75) is 153 Å². The summed E-state index contributed by atoms with van der Waals surface area (Å²) in [5, 5.41) is 53.5. The zero-order valence-corrected chi connectivity index (χ0v) is 39.2. The lowest BCUT2D eigenvalue weighted by Gasteiger charge is -2.31. The van der Waals surface area contributed by atoms with Crippen LogP contribution in [0, 0.1) is 11.8 Å². The van der Waals surface area contributed by atoms with Crippen LogP contribution in [0.5, 0.6) is 0 Å². The third kappa shape index (κ3) is 20.5. The van der Waals surface area contributed by atoms with Gasteiger partial charge in [-0.2, -0.15) is 0 Å². The summed E-state index contributed by atoms with van der Waals surface area (Å²) >= 11 is 0. The van der Waals surface area contributed by atoms with E-state index in [-0.39, 0.29) is 51.1 Å². The number of hydrogen-bond donors (Lipinski definition) is 14. The average Bonchev–Trinajstić information content (AvgIpc) is 3.95. The Balaban J connectivity index is 1.98. The summed E-state index contributed by atoms with van der Waals surface area (Å²) in [6.07, 6.45) is 0.0676. The average molecular weight is 955 g/mol. The standard InChI is InChI=1S/C42H74N12O13/c1-6-23(4)35(53-38(62)26(12-13-31(44)56)50-32(57)19-46-37(61)28-17-25(55)18-45-28)41(65)47-20-33(58)51-29(16-22(2)3)39(63)49-24(5)36(60)48-21-34(59)54-15-9-11-30(54)40(64)52-27(42(66)67)10-7-8-14-43/h22-30,35,41,45,47,55,65H,6-21,43H2,1-5H3,(H2,44,56)(H,46,61)(H,48,60)(H,49,63)(H,50,57)(H,51,58)(H,52,64)(H,53,62)(H,66,67)/t23?,24-,25+,26-,27-,28-,29-,30-,35-,41?/m0/s1. The third-order valence-corrected chi connectivity index (χ3v) is 11.5. The van der Waals surface area contributed by atoms with Gasteiger partial charge in [-0.25, -0.2) is 4.79 Å². The highest BCUT2D eigenvalue weighted by atomic mass is 16.4. The number of carbonyl (C=O) groups excluding carboxylic acids is 9. The third-order valence-electron chi connectivity index (χ3n) is 11.5. The zero-order valence-electron chi connectivity index (χ0n) is 39.2.